The zero-order chi connectivity index (χ0) is 24.4. The summed E-state index contributed by atoms with van der Waals surface area (Å²) < 4.78 is 0. The van der Waals surface area contributed by atoms with E-state index in [0.29, 0.717) is 5.92 Å². The molecule has 1 rings (SSSR count). The second kappa shape index (κ2) is 12.0. The highest BCUT2D eigenvalue weighted by molar-refractivity contribution is 5.86. The van der Waals surface area contributed by atoms with E-state index in [1.807, 2.05) is 30.3 Å². The van der Waals surface area contributed by atoms with Crippen molar-refractivity contribution in [2.24, 2.45) is 5.92 Å². The van der Waals surface area contributed by atoms with Crippen LogP contribution in [0, 0.1) is 17.2 Å². The van der Waals surface area contributed by atoms with Gasteiger partial charge in [-0.2, -0.15) is 5.26 Å². The van der Waals surface area contributed by atoms with Gasteiger partial charge in [-0.25, -0.2) is 0 Å². The Balaban J connectivity index is 0.000000615. The molecule has 9 nitrogen and oxygen atoms in total. The van der Waals surface area contributed by atoms with Gasteiger partial charge in [-0.3, -0.25) is 0 Å². The van der Waals surface area contributed by atoms with E-state index in [0.717, 1.165) is 12.0 Å². The molecule has 0 aliphatic rings. The molecule has 0 saturated carbocycles. The predicted octanol–water partition coefficient (Wildman–Crippen LogP) is -1.59. The number of nitrogens with zero attached hydrogens (tertiary/aromatic N) is 2. The van der Waals surface area contributed by atoms with Crippen molar-refractivity contribution >= 4 is 17.9 Å². The van der Waals surface area contributed by atoms with Gasteiger partial charge in [0, 0.05) is 30.3 Å². The van der Waals surface area contributed by atoms with Crippen molar-refractivity contribution in [3.8, 4) is 6.07 Å². The maximum atomic E-state index is 10.1. The number of hydrogen-bond acceptors (Lipinski definition) is 9. The van der Waals surface area contributed by atoms with Gasteiger partial charge in [0.25, 0.3) is 0 Å². The number of carboxylic acid groups (broad SMARTS) is 3. The number of nitriles is 1. The van der Waals surface area contributed by atoms with Crippen molar-refractivity contribution in [2.75, 3.05) is 14.1 Å². The lowest BCUT2D eigenvalue weighted by Crippen LogP contribution is -2.54. The fraction of sp³-hybridized carbons (Fsp3) is 0.545. The van der Waals surface area contributed by atoms with E-state index < -0.39 is 36.4 Å². The molecule has 0 saturated heterocycles. The second-order valence-corrected chi connectivity index (χ2v) is 8.12. The molecule has 0 aliphatic carbocycles. The molecule has 2 atom stereocenters. The van der Waals surface area contributed by atoms with Gasteiger partial charge in [-0.05, 0) is 38.9 Å². The van der Waals surface area contributed by atoms with Crippen molar-refractivity contribution in [3.05, 3.63) is 35.9 Å². The number of carbonyl (C=O) groups is 3. The Bertz CT molecular complexity index is 761. The van der Waals surface area contributed by atoms with Crippen LogP contribution in [-0.4, -0.2) is 53.1 Å². The van der Waals surface area contributed by atoms with Crippen LogP contribution < -0.4 is 15.3 Å². The first kappa shape index (κ1) is 28.0. The molecule has 0 fully saturated rings. The summed E-state index contributed by atoms with van der Waals surface area (Å²) in [4.78, 5) is 32.2. The van der Waals surface area contributed by atoms with Crippen LogP contribution in [0.2, 0.25) is 0 Å². The third-order valence-corrected chi connectivity index (χ3v) is 5.49. The first-order chi connectivity index (χ1) is 14.2. The lowest BCUT2D eigenvalue weighted by molar-refractivity contribution is -0.339. The normalized spacial score (nSPS) is 14.0. The minimum atomic E-state index is -2.97. The van der Waals surface area contributed by atoms with Crippen molar-refractivity contribution in [1.82, 2.24) is 4.90 Å². The van der Waals surface area contributed by atoms with Gasteiger partial charge in [0.15, 0.2) is 0 Å². The number of rotatable bonds is 10. The number of aliphatic hydroxyl groups is 1. The van der Waals surface area contributed by atoms with Crippen LogP contribution in [0.3, 0.4) is 0 Å². The lowest BCUT2D eigenvalue weighted by atomic mass is 9.77. The Labute approximate surface area is 182 Å². The molecule has 31 heavy (non-hydrogen) atoms. The minimum Gasteiger partial charge on any atom is -0.550 e. The van der Waals surface area contributed by atoms with E-state index in [-0.39, 0.29) is 11.5 Å². The van der Waals surface area contributed by atoms with Gasteiger partial charge in [-0.1, -0.05) is 44.2 Å². The van der Waals surface area contributed by atoms with E-state index in [9.17, 15) is 35.0 Å². The van der Waals surface area contributed by atoms with E-state index in [2.05, 4.69) is 45.8 Å². The molecule has 1 aromatic carbocycles. The Morgan fingerprint density at radius 1 is 1.06 bits per heavy atom. The first-order valence-electron chi connectivity index (χ1n) is 9.65. The van der Waals surface area contributed by atoms with E-state index in [4.69, 9.17) is 5.11 Å². The summed E-state index contributed by atoms with van der Waals surface area (Å²) in [6.45, 7) is 6.68. The van der Waals surface area contributed by atoms with E-state index in [1.165, 1.54) is 0 Å². The molecule has 2 unspecified atom stereocenters. The zero-order valence-electron chi connectivity index (χ0n) is 18.5. The van der Waals surface area contributed by atoms with Crippen LogP contribution >= 0.6 is 0 Å². The quantitative estimate of drug-likeness (QED) is 0.457. The Hall–Kier alpha value is -2.96. The third kappa shape index (κ3) is 8.74. The summed E-state index contributed by atoms with van der Waals surface area (Å²) in [5.41, 5.74) is -1.82. The molecule has 0 aliphatic heterocycles. The minimum absolute atomic E-state index is 0.0379. The standard InChI is InChI=1S/C16H24N2.C6H8O7/c1-13(2)16(3,18(4)5)11-15(12-17)14-9-7-6-8-10-14;7-3(8)1-6(13,5(11)12)2-4(9)10/h6-10,13,15H,11H2,1-5H3;13H,1-2H2,(H,7,8)(H,9,10)(H,11,12)/p-3. The molecule has 0 heterocycles. The SMILES string of the molecule is CC(C)C(C)(CC(C#N)c1ccccc1)N(C)C.O=C([O-])CC(O)(CC(=O)[O-])C(=O)[O-]. The number of carbonyl (C=O) groups excluding carboxylic acids is 3. The van der Waals surface area contributed by atoms with Crippen LogP contribution in [0.1, 0.15) is 51.5 Å². The highest BCUT2D eigenvalue weighted by atomic mass is 16.4. The average Bonchev–Trinajstić information content (AvgIpc) is 2.65. The molecular formula is C22H29N2O7-3. The number of benzene rings is 1. The monoisotopic (exact) mass is 433 g/mol. The maximum Gasteiger partial charge on any atom is 0.114 e. The topological polar surface area (TPSA) is 168 Å². The summed E-state index contributed by atoms with van der Waals surface area (Å²) in [5.74, 6) is -5.52. The fourth-order valence-electron chi connectivity index (χ4n) is 2.96. The molecule has 9 heteroatoms. The smallest absolute Gasteiger partial charge is 0.114 e. The molecule has 0 amide bonds. The van der Waals surface area contributed by atoms with Crippen LogP contribution in [-0.2, 0) is 14.4 Å². The van der Waals surface area contributed by atoms with Gasteiger partial charge in [0.1, 0.15) is 5.60 Å². The van der Waals surface area contributed by atoms with Crippen LogP contribution in [0.5, 0.6) is 0 Å². The van der Waals surface area contributed by atoms with Gasteiger partial charge in [-0.15, -0.1) is 0 Å². The number of aliphatic carboxylic acids is 3. The molecule has 0 aromatic heterocycles. The van der Waals surface area contributed by atoms with Gasteiger partial charge < -0.3 is 39.7 Å². The van der Waals surface area contributed by atoms with Gasteiger partial charge in [0.05, 0.1) is 18.0 Å². The largest absolute Gasteiger partial charge is 0.550 e. The van der Waals surface area contributed by atoms with Crippen molar-refractivity contribution in [2.45, 2.75) is 57.1 Å². The third-order valence-electron chi connectivity index (χ3n) is 5.49. The summed E-state index contributed by atoms with van der Waals surface area (Å²) in [7, 11) is 4.19. The van der Waals surface area contributed by atoms with Crippen LogP contribution in [0.15, 0.2) is 30.3 Å². The van der Waals surface area contributed by atoms with Gasteiger partial charge in [0.2, 0.25) is 0 Å². The van der Waals surface area contributed by atoms with Crippen molar-refractivity contribution < 1.29 is 34.8 Å². The Kier molecular flexibility index (Phi) is 10.9. The molecule has 0 bridgehead atoms. The molecule has 1 aromatic rings. The zero-order valence-corrected chi connectivity index (χ0v) is 18.5. The highest BCUT2D eigenvalue weighted by Gasteiger charge is 2.34. The van der Waals surface area contributed by atoms with Gasteiger partial charge >= 0.3 is 0 Å². The molecular weight excluding hydrogens is 404 g/mol. The summed E-state index contributed by atoms with van der Waals surface area (Å²) in [5, 5.41) is 48.4. The number of carboxylic acids is 3. The Morgan fingerprint density at radius 2 is 1.52 bits per heavy atom. The highest BCUT2D eigenvalue weighted by Crippen LogP contribution is 2.33. The summed E-state index contributed by atoms with van der Waals surface area (Å²) >= 11 is 0. The molecule has 172 valence electrons. The predicted molar refractivity (Wildman–Crippen MR) is 106 cm³/mol. The molecule has 0 radical (unpaired) electrons. The summed E-state index contributed by atoms with van der Waals surface area (Å²) in [6.07, 6.45) is -1.86. The Morgan fingerprint density at radius 3 is 1.81 bits per heavy atom. The first-order valence-corrected chi connectivity index (χ1v) is 9.65. The molecule has 0 spiro atoms. The lowest BCUT2D eigenvalue weighted by Gasteiger charge is -2.41. The van der Waals surface area contributed by atoms with Crippen molar-refractivity contribution in [3.63, 3.8) is 0 Å². The van der Waals surface area contributed by atoms with Crippen LogP contribution in [0.25, 0.3) is 0 Å². The number of hydrogen-bond donors (Lipinski definition) is 1. The van der Waals surface area contributed by atoms with Crippen LogP contribution in [0.4, 0.5) is 0 Å². The van der Waals surface area contributed by atoms with Crippen molar-refractivity contribution in [1.29, 1.82) is 5.26 Å². The van der Waals surface area contributed by atoms with E-state index in [1.54, 1.807) is 0 Å². The molecule has 1 N–H and O–H groups in total. The van der Waals surface area contributed by atoms with E-state index >= 15 is 0 Å². The maximum absolute atomic E-state index is 10.1. The fourth-order valence-corrected chi connectivity index (χ4v) is 2.96. The average molecular weight is 433 g/mol. The second-order valence-electron chi connectivity index (χ2n) is 8.12. The summed E-state index contributed by atoms with van der Waals surface area (Å²) in [6, 6.07) is 12.5.